The number of hydrogen-bond acceptors (Lipinski definition) is 2. The van der Waals surface area contributed by atoms with Crippen LogP contribution in [0.2, 0.25) is 0 Å². The first-order valence-corrected chi connectivity index (χ1v) is 4.13. The summed E-state index contributed by atoms with van der Waals surface area (Å²) in [4.78, 5) is 0. The van der Waals surface area contributed by atoms with Gasteiger partial charge in [-0.1, -0.05) is 0 Å². The Morgan fingerprint density at radius 2 is 2.10 bits per heavy atom. The van der Waals surface area contributed by atoms with Crippen molar-refractivity contribution < 1.29 is 9.84 Å². The van der Waals surface area contributed by atoms with Crippen molar-refractivity contribution >= 4 is 0 Å². The smallest absolute Gasteiger partial charge is 0.0731 e. The maximum atomic E-state index is 9.09. The van der Waals surface area contributed by atoms with E-state index in [1.54, 1.807) is 0 Å². The van der Waals surface area contributed by atoms with Crippen LogP contribution in [-0.2, 0) is 4.74 Å². The van der Waals surface area contributed by atoms with Gasteiger partial charge < -0.3 is 9.84 Å². The normalized spacial score (nSPS) is 47.1. The van der Waals surface area contributed by atoms with Gasteiger partial charge in [-0.2, -0.15) is 0 Å². The molecule has 0 unspecified atom stereocenters. The predicted octanol–water partition coefficient (Wildman–Crippen LogP) is 1.08. The summed E-state index contributed by atoms with van der Waals surface area (Å²) >= 11 is 0. The molecule has 1 saturated carbocycles. The SMILES string of the molecule is OC1CC2(CCCCO2)C1. The fourth-order valence-electron chi connectivity index (χ4n) is 2.03. The second-order valence-electron chi connectivity index (χ2n) is 3.55. The number of hydrogen-bond donors (Lipinski definition) is 1. The molecule has 1 spiro atoms. The summed E-state index contributed by atoms with van der Waals surface area (Å²) in [5.41, 5.74) is 0.123. The average Bonchev–Trinajstić information content (AvgIpc) is 1.87. The minimum Gasteiger partial charge on any atom is -0.393 e. The van der Waals surface area contributed by atoms with Crippen molar-refractivity contribution in [2.24, 2.45) is 0 Å². The van der Waals surface area contributed by atoms with Gasteiger partial charge in [0.15, 0.2) is 0 Å². The van der Waals surface area contributed by atoms with E-state index in [2.05, 4.69) is 0 Å². The van der Waals surface area contributed by atoms with Gasteiger partial charge in [0.2, 0.25) is 0 Å². The second kappa shape index (κ2) is 2.21. The Balaban J connectivity index is 1.90. The molecule has 1 saturated heterocycles. The second-order valence-corrected chi connectivity index (χ2v) is 3.55. The third-order valence-electron chi connectivity index (χ3n) is 2.65. The third-order valence-corrected chi connectivity index (χ3v) is 2.65. The zero-order valence-corrected chi connectivity index (χ0v) is 6.18. The highest BCUT2D eigenvalue weighted by Crippen LogP contribution is 2.42. The highest BCUT2D eigenvalue weighted by molar-refractivity contribution is 4.97. The molecule has 1 aliphatic carbocycles. The van der Waals surface area contributed by atoms with Crippen molar-refractivity contribution in [2.75, 3.05) is 6.61 Å². The van der Waals surface area contributed by atoms with Crippen LogP contribution in [0.3, 0.4) is 0 Å². The Hall–Kier alpha value is -0.0800. The standard InChI is InChI=1S/C8H14O2/c9-7-5-8(6-7)3-1-2-4-10-8/h7,9H,1-6H2. The largest absolute Gasteiger partial charge is 0.393 e. The van der Waals surface area contributed by atoms with E-state index in [1.807, 2.05) is 0 Å². The zero-order chi connectivity index (χ0) is 7.03. The molecule has 10 heavy (non-hydrogen) atoms. The number of ether oxygens (including phenoxy) is 1. The molecule has 0 aromatic rings. The van der Waals surface area contributed by atoms with Gasteiger partial charge in [-0.05, 0) is 19.3 Å². The van der Waals surface area contributed by atoms with E-state index in [1.165, 1.54) is 19.3 Å². The molecule has 0 aromatic carbocycles. The van der Waals surface area contributed by atoms with E-state index >= 15 is 0 Å². The van der Waals surface area contributed by atoms with Crippen LogP contribution < -0.4 is 0 Å². The van der Waals surface area contributed by atoms with Gasteiger partial charge in [0.05, 0.1) is 11.7 Å². The average molecular weight is 142 g/mol. The Kier molecular flexibility index (Phi) is 1.46. The lowest BCUT2D eigenvalue weighted by Crippen LogP contribution is -2.50. The van der Waals surface area contributed by atoms with Gasteiger partial charge in [0.1, 0.15) is 0 Å². The first kappa shape index (κ1) is 6.62. The van der Waals surface area contributed by atoms with Crippen LogP contribution in [-0.4, -0.2) is 23.4 Å². The van der Waals surface area contributed by atoms with E-state index in [-0.39, 0.29) is 11.7 Å². The van der Waals surface area contributed by atoms with Gasteiger partial charge in [-0.15, -0.1) is 0 Å². The summed E-state index contributed by atoms with van der Waals surface area (Å²) < 4.78 is 5.61. The molecular weight excluding hydrogens is 128 g/mol. The van der Waals surface area contributed by atoms with Gasteiger partial charge in [0.25, 0.3) is 0 Å². The Labute approximate surface area is 61.2 Å². The lowest BCUT2D eigenvalue weighted by molar-refractivity contribution is -0.175. The van der Waals surface area contributed by atoms with E-state index in [0.717, 1.165) is 19.4 Å². The summed E-state index contributed by atoms with van der Waals surface area (Å²) in [6.07, 6.45) is 5.35. The molecule has 58 valence electrons. The van der Waals surface area contributed by atoms with E-state index in [4.69, 9.17) is 9.84 Å². The maximum Gasteiger partial charge on any atom is 0.0731 e. The summed E-state index contributed by atoms with van der Waals surface area (Å²) in [5.74, 6) is 0. The molecule has 0 atom stereocenters. The predicted molar refractivity (Wildman–Crippen MR) is 37.8 cm³/mol. The molecule has 0 amide bonds. The van der Waals surface area contributed by atoms with Crippen molar-refractivity contribution in [2.45, 2.75) is 43.8 Å². The number of aliphatic hydroxyl groups excluding tert-OH is 1. The van der Waals surface area contributed by atoms with Gasteiger partial charge in [-0.3, -0.25) is 0 Å². The molecule has 1 aliphatic heterocycles. The van der Waals surface area contributed by atoms with Gasteiger partial charge >= 0.3 is 0 Å². The first-order chi connectivity index (χ1) is 4.81. The summed E-state index contributed by atoms with van der Waals surface area (Å²) in [7, 11) is 0. The van der Waals surface area contributed by atoms with Crippen LogP contribution in [0.25, 0.3) is 0 Å². The van der Waals surface area contributed by atoms with Crippen molar-refractivity contribution in [3.05, 3.63) is 0 Å². The Bertz CT molecular complexity index is 112. The van der Waals surface area contributed by atoms with Crippen LogP contribution in [0.4, 0.5) is 0 Å². The first-order valence-electron chi connectivity index (χ1n) is 4.13. The van der Waals surface area contributed by atoms with Crippen LogP contribution in [0.1, 0.15) is 32.1 Å². The van der Waals surface area contributed by atoms with Gasteiger partial charge in [0, 0.05) is 19.4 Å². The quantitative estimate of drug-likeness (QED) is 0.548. The van der Waals surface area contributed by atoms with Crippen molar-refractivity contribution in [1.29, 1.82) is 0 Å². The van der Waals surface area contributed by atoms with Crippen LogP contribution in [0, 0.1) is 0 Å². The van der Waals surface area contributed by atoms with E-state index < -0.39 is 0 Å². The van der Waals surface area contributed by atoms with Crippen LogP contribution in [0.5, 0.6) is 0 Å². The molecular formula is C8H14O2. The van der Waals surface area contributed by atoms with Crippen LogP contribution in [0.15, 0.2) is 0 Å². The van der Waals surface area contributed by atoms with Crippen molar-refractivity contribution in [3.63, 3.8) is 0 Å². The minimum absolute atomic E-state index is 0.0712. The number of rotatable bonds is 0. The summed E-state index contributed by atoms with van der Waals surface area (Å²) in [6, 6.07) is 0. The van der Waals surface area contributed by atoms with Crippen molar-refractivity contribution in [1.82, 2.24) is 0 Å². The van der Waals surface area contributed by atoms with Crippen molar-refractivity contribution in [3.8, 4) is 0 Å². The highest BCUT2D eigenvalue weighted by atomic mass is 16.5. The molecule has 2 nitrogen and oxygen atoms in total. The van der Waals surface area contributed by atoms with Crippen LogP contribution >= 0.6 is 0 Å². The highest BCUT2D eigenvalue weighted by Gasteiger charge is 2.45. The molecule has 1 N–H and O–H groups in total. The monoisotopic (exact) mass is 142 g/mol. The Morgan fingerprint density at radius 3 is 2.60 bits per heavy atom. The third kappa shape index (κ3) is 0.956. The Morgan fingerprint density at radius 1 is 1.30 bits per heavy atom. The molecule has 2 fully saturated rings. The molecule has 2 heteroatoms. The van der Waals surface area contributed by atoms with E-state index in [0.29, 0.717) is 0 Å². The summed E-state index contributed by atoms with van der Waals surface area (Å²) in [5, 5.41) is 9.09. The maximum absolute atomic E-state index is 9.09. The zero-order valence-electron chi connectivity index (χ0n) is 6.18. The topological polar surface area (TPSA) is 29.5 Å². The molecule has 2 rings (SSSR count). The summed E-state index contributed by atoms with van der Waals surface area (Å²) in [6.45, 7) is 0.909. The minimum atomic E-state index is -0.0712. The fourth-order valence-corrected chi connectivity index (χ4v) is 2.03. The lowest BCUT2D eigenvalue weighted by atomic mass is 9.73. The molecule has 0 aromatic heterocycles. The lowest BCUT2D eigenvalue weighted by Gasteiger charge is -2.47. The molecule has 0 radical (unpaired) electrons. The molecule has 1 heterocycles. The number of aliphatic hydroxyl groups is 1. The molecule has 2 aliphatic rings. The fraction of sp³-hybridized carbons (Fsp3) is 1.00. The van der Waals surface area contributed by atoms with Gasteiger partial charge in [-0.25, -0.2) is 0 Å². The molecule has 0 bridgehead atoms. The van der Waals surface area contributed by atoms with E-state index in [9.17, 15) is 0 Å².